The van der Waals surface area contributed by atoms with Crippen molar-refractivity contribution in [3.05, 3.63) is 35.5 Å². The molecular weight excluding hydrogens is 188 g/mol. The molecule has 1 aliphatic heterocycles. The van der Waals surface area contributed by atoms with Crippen LogP contribution in [0.5, 0.6) is 0 Å². The SMILES string of the molecule is Cc1cccc(NCC2=CCCOC2)n1. The van der Waals surface area contributed by atoms with E-state index >= 15 is 0 Å². The summed E-state index contributed by atoms with van der Waals surface area (Å²) < 4.78 is 5.37. The maximum Gasteiger partial charge on any atom is 0.126 e. The van der Waals surface area contributed by atoms with Gasteiger partial charge in [-0.15, -0.1) is 0 Å². The van der Waals surface area contributed by atoms with Gasteiger partial charge in [0.2, 0.25) is 0 Å². The fourth-order valence-corrected chi connectivity index (χ4v) is 1.58. The Morgan fingerprint density at radius 3 is 3.13 bits per heavy atom. The first kappa shape index (κ1) is 10.2. The third kappa shape index (κ3) is 3.06. The van der Waals surface area contributed by atoms with Crippen molar-refractivity contribution in [2.45, 2.75) is 13.3 Å². The van der Waals surface area contributed by atoms with Gasteiger partial charge >= 0.3 is 0 Å². The number of pyridine rings is 1. The van der Waals surface area contributed by atoms with E-state index in [2.05, 4.69) is 16.4 Å². The molecule has 1 aliphatic rings. The van der Waals surface area contributed by atoms with Crippen LogP contribution < -0.4 is 5.32 Å². The molecule has 0 amide bonds. The molecular formula is C12H16N2O. The van der Waals surface area contributed by atoms with Crippen molar-refractivity contribution >= 4 is 5.82 Å². The van der Waals surface area contributed by atoms with Crippen molar-refractivity contribution in [2.24, 2.45) is 0 Å². The summed E-state index contributed by atoms with van der Waals surface area (Å²) >= 11 is 0. The fraction of sp³-hybridized carbons (Fsp3) is 0.417. The summed E-state index contributed by atoms with van der Waals surface area (Å²) in [5.74, 6) is 0.932. The van der Waals surface area contributed by atoms with Crippen molar-refractivity contribution in [2.75, 3.05) is 25.1 Å². The first-order valence-corrected chi connectivity index (χ1v) is 5.28. The average molecular weight is 204 g/mol. The van der Waals surface area contributed by atoms with Gasteiger partial charge in [0, 0.05) is 12.2 Å². The number of rotatable bonds is 3. The Morgan fingerprint density at radius 2 is 2.40 bits per heavy atom. The van der Waals surface area contributed by atoms with Crippen LogP contribution >= 0.6 is 0 Å². The number of aryl methyl sites for hydroxylation is 1. The minimum Gasteiger partial charge on any atom is -0.377 e. The molecule has 3 heteroatoms. The molecule has 2 rings (SSSR count). The van der Waals surface area contributed by atoms with Crippen molar-refractivity contribution < 1.29 is 4.74 Å². The first-order chi connectivity index (χ1) is 7.34. The van der Waals surface area contributed by atoms with E-state index in [0.717, 1.165) is 37.7 Å². The highest BCUT2D eigenvalue weighted by Gasteiger charge is 2.03. The lowest BCUT2D eigenvalue weighted by Gasteiger charge is -2.14. The Labute approximate surface area is 90.2 Å². The molecule has 15 heavy (non-hydrogen) atoms. The van der Waals surface area contributed by atoms with Gasteiger partial charge in [-0.2, -0.15) is 0 Å². The van der Waals surface area contributed by atoms with Gasteiger partial charge in [0.25, 0.3) is 0 Å². The summed E-state index contributed by atoms with van der Waals surface area (Å²) in [6.45, 7) is 4.43. The van der Waals surface area contributed by atoms with E-state index in [1.807, 2.05) is 25.1 Å². The van der Waals surface area contributed by atoms with E-state index in [-0.39, 0.29) is 0 Å². The molecule has 0 saturated carbocycles. The number of hydrogen-bond acceptors (Lipinski definition) is 3. The lowest BCUT2D eigenvalue weighted by Crippen LogP contribution is -2.14. The van der Waals surface area contributed by atoms with Crippen LogP contribution in [0, 0.1) is 6.92 Å². The van der Waals surface area contributed by atoms with Gasteiger partial charge in [-0.3, -0.25) is 0 Å². The fourth-order valence-electron chi connectivity index (χ4n) is 1.58. The largest absolute Gasteiger partial charge is 0.377 e. The summed E-state index contributed by atoms with van der Waals surface area (Å²) in [5, 5.41) is 3.30. The van der Waals surface area contributed by atoms with Crippen molar-refractivity contribution in [3.8, 4) is 0 Å². The highest BCUT2D eigenvalue weighted by atomic mass is 16.5. The summed E-state index contributed by atoms with van der Waals surface area (Å²) in [6.07, 6.45) is 3.27. The van der Waals surface area contributed by atoms with E-state index in [1.54, 1.807) is 0 Å². The Balaban J connectivity index is 1.90. The summed E-state index contributed by atoms with van der Waals surface area (Å²) in [7, 11) is 0. The quantitative estimate of drug-likeness (QED) is 0.766. The third-order valence-corrected chi connectivity index (χ3v) is 2.37. The van der Waals surface area contributed by atoms with Gasteiger partial charge < -0.3 is 10.1 Å². The Hall–Kier alpha value is -1.35. The molecule has 0 aromatic carbocycles. The van der Waals surface area contributed by atoms with Gasteiger partial charge in [0.1, 0.15) is 5.82 Å². The normalized spacial score (nSPS) is 15.9. The molecule has 1 aromatic heterocycles. The predicted molar refractivity (Wildman–Crippen MR) is 61.0 cm³/mol. The zero-order valence-corrected chi connectivity index (χ0v) is 8.99. The standard InChI is InChI=1S/C12H16N2O/c1-10-4-2-6-12(14-10)13-8-11-5-3-7-15-9-11/h2,4-6H,3,7-9H2,1H3,(H,13,14). The second kappa shape index (κ2) is 4.94. The number of nitrogens with zero attached hydrogens (tertiary/aromatic N) is 1. The van der Waals surface area contributed by atoms with Gasteiger partial charge in [0.05, 0.1) is 13.2 Å². The van der Waals surface area contributed by atoms with Crippen LogP contribution in [-0.4, -0.2) is 24.7 Å². The van der Waals surface area contributed by atoms with E-state index < -0.39 is 0 Å². The van der Waals surface area contributed by atoms with Crippen molar-refractivity contribution in [3.63, 3.8) is 0 Å². The number of ether oxygens (including phenoxy) is 1. The Kier molecular flexibility index (Phi) is 3.35. The summed E-state index contributed by atoms with van der Waals surface area (Å²) in [6, 6.07) is 5.99. The van der Waals surface area contributed by atoms with Gasteiger partial charge in [-0.1, -0.05) is 12.1 Å². The maximum atomic E-state index is 5.37. The van der Waals surface area contributed by atoms with Gasteiger partial charge in [0.15, 0.2) is 0 Å². The predicted octanol–water partition coefficient (Wildman–Crippen LogP) is 2.15. The van der Waals surface area contributed by atoms with Gasteiger partial charge in [-0.25, -0.2) is 4.98 Å². The molecule has 1 N–H and O–H groups in total. The number of nitrogens with one attached hydrogen (secondary N) is 1. The molecule has 0 saturated heterocycles. The smallest absolute Gasteiger partial charge is 0.126 e. The molecule has 0 radical (unpaired) electrons. The summed E-state index contributed by atoms with van der Waals surface area (Å²) in [5.41, 5.74) is 2.35. The molecule has 80 valence electrons. The lowest BCUT2D eigenvalue weighted by atomic mass is 10.2. The van der Waals surface area contributed by atoms with Crippen LogP contribution in [0.4, 0.5) is 5.82 Å². The van der Waals surface area contributed by atoms with Crippen LogP contribution in [0.15, 0.2) is 29.8 Å². The van der Waals surface area contributed by atoms with Crippen LogP contribution in [0.25, 0.3) is 0 Å². The van der Waals surface area contributed by atoms with Crippen LogP contribution in [-0.2, 0) is 4.74 Å². The minimum atomic E-state index is 0.749. The molecule has 3 nitrogen and oxygen atoms in total. The molecule has 2 heterocycles. The van der Waals surface area contributed by atoms with Crippen LogP contribution in [0.3, 0.4) is 0 Å². The van der Waals surface area contributed by atoms with E-state index in [9.17, 15) is 0 Å². The Bertz CT molecular complexity index is 360. The molecule has 0 bridgehead atoms. The highest BCUT2D eigenvalue weighted by molar-refractivity contribution is 5.37. The lowest BCUT2D eigenvalue weighted by molar-refractivity contribution is 0.150. The summed E-state index contributed by atoms with van der Waals surface area (Å²) in [4.78, 5) is 4.38. The zero-order valence-electron chi connectivity index (χ0n) is 8.99. The first-order valence-electron chi connectivity index (χ1n) is 5.28. The van der Waals surface area contributed by atoms with Gasteiger partial charge in [-0.05, 0) is 31.1 Å². The minimum absolute atomic E-state index is 0.749. The van der Waals surface area contributed by atoms with Crippen LogP contribution in [0.1, 0.15) is 12.1 Å². The van der Waals surface area contributed by atoms with E-state index in [1.165, 1.54) is 5.57 Å². The molecule has 0 fully saturated rings. The highest BCUT2D eigenvalue weighted by Crippen LogP contribution is 2.08. The average Bonchev–Trinajstić information content (AvgIpc) is 2.28. The molecule has 0 spiro atoms. The second-order valence-electron chi connectivity index (χ2n) is 3.72. The van der Waals surface area contributed by atoms with Crippen molar-refractivity contribution in [1.82, 2.24) is 4.98 Å². The zero-order chi connectivity index (χ0) is 10.5. The van der Waals surface area contributed by atoms with Crippen LogP contribution in [0.2, 0.25) is 0 Å². The Morgan fingerprint density at radius 1 is 1.47 bits per heavy atom. The third-order valence-electron chi connectivity index (χ3n) is 2.37. The molecule has 1 aromatic rings. The molecule has 0 atom stereocenters. The number of hydrogen-bond donors (Lipinski definition) is 1. The molecule has 0 unspecified atom stereocenters. The second-order valence-corrected chi connectivity index (χ2v) is 3.72. The maximum absolute atomic E-state index is 5.37. The van der Waals surface area contributed by atoms with Crippen molar-refractivity contribution in [1.29, 1.82) is 0 Å². The van der Waals surface area contributed by atoms with E-state index in [0.29, 0.717) is 0 Å². The molecule has 0 aliphatic carbocycles. The van der Waals surface area contributed by atoms with E-state index in [4.69, 9.17) is 4.74 Å². The number of anilines is 1. The number of aromatic nitrogens is 1. The monoisotopic (exact) mass is 204 g/mol. The topological polar surface area (TPSA) is 34.1 Å².